The molecule has 16 heavy (non-hydrogen) atoms. The van der Waals surface area contributed by atoms with Gasteiger partial charge >= 0.3 is 0 Å². The zero-order valence-electron chi connectivity index (χ0n) is 9.01. The molecule has 0 saturated heterocycles. The summed E-state index contributed by atoms with van der Waals surface area (Å²) in [6.45, 7) is 2.59. The summed E-state index contributed by atoms with van der Waals surface area (Å²) in [4.78, 5) is 16.3. The SMILES string of the molecule is CCn1ncc(Br)c1C(=O)c1nccn1C. The minimum atomic E-state index is -0.126. The fourth-order valence-electron chi connectivity index (χ4n) is 1.52. The first-order chi connectivity index (χ1) is 7.65. The smallest absolute Gasteiger partial charge is 0.247 e. The predicted molar refractivity (Wildman–Crippen MR) is 62.2 cm³/mol. The summed E-state index contributed by atoms with van der Waals surface area (Å²) in [7, 11) is 1.79. The maximum Gasteiger partial charge on any atom is 0.247 e. The second kappa shape index (κ2) is 4.21. The number of hydrogen-bond donors (Lipinski definition) is 0. The van der Waals surface area contributed by atoms with Gasteiger partial charge < -0.3 is 4.57 Å². The number of nitrogens with zero attached hydrogens (tertiary/aromatic N) is 4. The summed E-state index contributed by atoms with van der Waals surface area (Å²) in [6.07, 6.45) is 4.97. The first-order valence-electron chi connectivity index (χ1n) is 4.88. The Hall–Kier alpha value is -1.43. The van der Waals surface area contributed by atoms with E-state index in [1.165, 1.54) is 0 Å². The van der Waals surface area contributed by atoms with Crippen LogP contribution in [0.3, 0.4) is 0 Å². The van der Waals surface area contributed by atoms with Crippen molar-refractivity contribution in [2.45, 2.75) is 13.5 Å². The van der Waals surface area contributed by atoms with Crippen LogP contribution in [0.1, 0.15) is 23.2 Å². The molecule has 0 spiro atoms. The van der Waals surface area contributed by atoms with Gasteiger partial charge in [-0.1, -0.05) is 0 Å². The van der Waals surface area contributed by atoms with Crippen molar-refractivity contribution in [2.75, 3.05) is 0 Å². The predicted octanol–water partition coefficient (Wildman–Crippen LogP) is 1.63. The monoisotopic (exact) mass is 282 g/mol. The van der Waals surface area contributed by atoms with Crippen LogP contribution in [-0.2, 0) is 13.6 Å². The van der Waals surface area contributed by atoms with Crippen LogP contribution >= 0.6 is 15.9 Å². The number of hydrogen-bond acceptors (Lipinski definition) is 3. The van der Waals surface area contributed by atoms with E-state index < -0.39 is 0 Å². The molecule has 0 amide bonds. The highest BCUT2D eigenvalue weighted by atomic mass is 79.9. The van der Waals surface area contributed by atoms with Gasteiger partial charge in [0.2, 0.25) is 5.78 Å². The van der Waals surface area contributed by atoms with Gasteiger partial charge in [-0.15, -0.1) is 0 Å². The Labute approximate surface area is 101 Å². The normalized spacial score (nSPS) is 10.7. The molecule has 0 atom stereocenters. The van der Waals surface area contributed by atoms with Crippen LogP contribution in [0, 0.1) is 0 Å². The van der Waals surface area contributed by atoms with Gasteiger partial charge in [-0.25, -0.2) is 4.98 Å². The van der Waals surface area contributed by atoms with Crippen molar-refractivity contribution in [1.29, 1.82) is 0 Å². The number of aromatic nitrogens is 4. The van der Waals surface area contributed by atoms with Crippen LogP contribution in [0.15, 0.2) is 23.1 Å². The van der Waals surface area contributed by atoms with E-state index in [2.05, 4.69) is 26.0 Å². The number of imidazole rings is 1. The van der Waals surface area contributed by atoms with Gasteiger partial charge in [0.15, 0.2) is 5.82 Å². The van der Waals surface area contributed by atoms with Crippen molar-refractivity contribution in [3.8, 4) is 0 Å². The highest BCUT2D eigenvalue weighted by molar-refractivity contribution is 9.10. The quantitative estimate of drug-likeness (QED) is 0.804. The Morgan fingerprint density at radius 2 is 2.31 bits per heavy atom. The Balaban J connectivity index is 2.49. The van der Waals surface area contributed by atoms with Gasteiger partial charge in [-0.05, 0) is 22.9 Å². The number of rotatable bonds is 3. The summed E-state index contributed by atoms with van der Waals surface area (Å²) in [5.74, 6) is 0.287. The van der Waals surface area contributed by atoms with E-state index >= 15 is 0 Å². The lowest BCUT2D eigenvalue weighted by Gasteiger charge is -2.04. The van der Waals surface area contributed by atoms with Crippen molar-refractivity contribution in [3.63, 3.8) is 0 Å². The molecule has 5 nitrogen and oxygen atoms in total. The minimum absolute atomic E-state index is 0.126. The first-order valence-corrected chi connectivity index (χ1v) is 5.67. The molecule has 2 aromatic heterocycles. The fourth-order valence-corrected chi connectivity index (χ4v) is 1.99. The average Bonchev–Trinajstić information content (AvgIpc) is 2.83. The summed E-state index contributed by atoms with van der Waals surface area (Å²) < 4.78 is 4.05. The molecule has 0 aliphatic heterocycles. The largest absolute Gasteiger partial charge is 0.331 e. The van der Waals surface area contributed by atoms with Gasteiger partial charge in [0, 0.05) is 26.0 Å². The third kappa shape index (κ3) is 1.69. The van der Waals surface area contributed by atoms with E-state index in [1.807, 2.05) is 6.92 Å². The molecule has 84 valence electrons. The highest BCUT2D eigenvalue weighted by Gasteiger charge is 2.21. The number of halogens is 1. The Kier molecular flexibility index (Phi) is 2.91. The van der Waals surface area contributed by atoms with Gasteiger partial charge in [0.05, 0.1) is 10.7 Å². The lowest BCUT2D eigenvalue weighted by Crippen LogP contribution is -2.15. The number of carbonyl (C=O) groups excluding carboxylic acids is 1. The first kappa shape index (κ1) is 11.1. The maximum atomic E-state index is 12.2. The van der Waals surface area contributed by atoms with Crippen LogP contribution in [-0.4, -0.2) is 25.1 Å². The Morgan fingerprint density at radius 3 is 2.88 bits per heavy atom. The van der Waals surface area contributed by atoms with Crippen molar-refractivity contribution in [1.82, 2.24) is 19.3 Å². The van der Waals surface area contributed by atoms with E-state index in [9.17, 15) is 4.79 Å². The van der Waals surface area contributed by atoms with E-state index in [1.54, 1.807) is 34.9 Å². The van der Waals surface area contributed by atoms with Crippen molar-refractivity contribution < 1.29 is 4.79 Å². The van der Waals surface area contributed by atoms with Crippen LogP contribution < -0.4 is 0 Å². The molecule has 0 unspecified atom stereocenters. The standard InChI is InChI=1S/C10H11BrN4O/c1-3-15-8(7(11)6-13-15)9(16)10-12-4-5-14(10)2/h4-6H,3H2,1-2H3. The van der Waals surface area contributed by atoms with E-state index in [0.29, 0.717) is 22.5 Å². The second-order valence-electron chi connectivity index (χ2n) is 3.35. The molecular formula is C10H11BrN4O. The average molecular weight is 283 g/mol. The molecule has 0 aliphatic rings. The van der Waals surface area contributed by atoms with Gasteiger partial charge in [-0.3, -0.25) is 9.48 Å². The lowest BCUT2D eigenvalue weighted by molar-refractivity contribution is 0.101. The van der Waals surface area contributed by atoms with Crippen LogP contribution in [0.2, 0.25) is 0 Å². The van der Waals surface area contributed by atoms with Crippen LogP contribution in [0.25, 0.3) is 0 Å². The van der Waals surface area contributed by atoms with E-state index in [0.717, 1.165) is 0 Å². The molecule has 0 bridgehead atoms. The lowest BCUT2D eigenvalue weighted by atomic mass is 10.2. The third-order valence-corrected chi connectivity index (χ3v) is 2.91. The van der Waals surface area contributed by atoms with Gasteiger partial charge in [0.1, 0.15) is 5.69 Å². The zero-order valence-corrected chi connectivity index (χ0v) is 10.6. The molecule has 0 fully saturated rings. The van der Waals surface area contributed by atoms with Crippen LogP contribution in [0.5, 0.6) is 0 Å². The molecule has 2 rings (SSSR count). The summed E-state index contributed by atoms with van der Waals surface area (Å²) in [6, 6.07) is 0. The number of aryl methyl sites for hydroxylation is 2. The molecule has 0 aromatic carbocycles. The summed E-state index contributed by atoms with van der Waals surface area (Å²) in [5.41, 5.74) is 0.539. The summed E-state index contributed by atoms with van der Waals surface area (Å²) in [5, 5.41) is 4.11. The van der Waals surface area contributed by atoms with Crippen molar-refractivity contribution in [3.05, 3.63) is 34.6 Å². The third-order valence-electron chi connectivity index (χ3n) is 2.33. The molecule has 6 heteroatoms. The molecule has 2 aromatic rings. The number of ketones is 1. The minimum Gasteiger partial charge on any atom is -0.331 e. The second-order valence-corrected chi connectivity index (χ2v) is 4.20. The van der Waals surface area contributed by atoms with Gasteiger partial charge in [-0.2, -0.15) is 5.10 Å². The van der Waals surface area contributed by atoms with Crippen molar-refractivity contribution >= 4 is 21.7 Å². The van der Waals surface area contributed by atoms with Crippen LogP contribution in [0.4, 0.5) is 0 Å². The zero-order chi connectivity index (χ0) is 11.7. The van der Waals surface area contributed by atoms with Crippen molar-refractivity contribution in [2.24, 2.45) is 7.05 Å². The number of carbonyl (C=O) groups is 1. The Bertz CT molecular complexity index is 529. The molecular weight excluding hydrogens is 272 g/mol. The summed E-state index contributed by atoms with van der Waals surface area (Å²) >= 11 is 3.33. The highest BCUT2D eigenvalue weighted by Crippen LogP contribution is 2.18. The topological polar surface area (TPSA) is 52.7 Å². The molecule has 0 aliphatic carbocycles. The Morgan fingerprint density at radius 1 is 1.56 bits per heavy atom. The fraction of sp³-hybridized carbons (Fsp3) is 0.300. The molecule has 0 radical (unpaired) electrons. The molecule has 2 heterocycles. The molecule has 0 saturated carbocycles. The molecule has 0 N–H and O–H groups in total. The van der Waals surface area contributed by atoms with E-state index in [4.69, 9.17) is 0 Å². The van der Waals surface area contributed by atoms with Gasteiger partial charge in [0.25, 0.3) is 0 Å². The maximum absolute atomic E-state index is 12.2. The van der Waals surface area contributed by atoms with E-state index in [-0.39, 0.29) is 5.78 Å².